The molecule has 0 aliphatic carbocycles. The van der Waals surface area contributed by atoms with Gasteiger partial charge in [-0.2, -0.15) is 0 Å². The second-order valence-corrected chi connectivity index (χ2v) is 5.43. The molecule has 5 nitrogen and oxygen atoms in total. The number of hydrogen-bond acceptors (Lipinski definition) is 4. The van der Waals surface area contributed by atoms with Gasteiger partial charge in [0, 0.05) is 18.7 Å². The first-order valence-electron chi connectivity index (χ1n) is 7.15. The maximum Gasteiger partial charge on any atom is 0.237 e. The van der Waals surface area contributed by atoms with E-state index in [1.165, 1.54) is 11.1 Å². The number of fused-ring (bicyclic) bond motifs is 1. The van der Waals surface area contributed by atoms with E-state index in [9.17, 15) is 4.79 Å². The Labute approximate surface area is 123 Å². The van der Waals surface area contributed by atoms with Crippen LogP contribution in [-0.4, -0.2) is 17.1 Å². The molecule has 2 aromatic rings. The zero-order chi connectivity index (χ0) is 14.8. The largest absolute Gasteiger partial charge is 0.361 e. The number of carbonyl (C=O) groups excluding carboxylic acids is 1. The lowest BCUT2D eigenvalue weighted by molar-refractivity contribution is -0.123. The molecule has 1 aromatic carbocycles. The Balaban J connectivity index is 1.62. The van der Waals surface area contributed by atoms with Crippen LogP contribution >= 0.6 is 0 Å². The molecule has 1 atom stereocenters. The van der Waals surface area contributed by atoms with E-state index in [0.717, 1.165) is 30.0 Å². The van der Waals surface area contributed by atoms with Crippen molar-refractivity contribution in [1.29, 1.82) is 0 Å². The lowest BCUT2D eigenvalue weighted by Gasteiger charge is -2.25. The molecule has 110 valence electrons. The number of aryl methyl sites for hydroxylation is 2. The van der Waals surface area contributed by atoms with Gasteiger partial charge in [-0.3, -0.25) is 4.79 Å². The molecule has 2 N–H and O–H groups in total. The molecule has 1 aromatic heterocycles. The highest BCUT2D eigenvalue weighted by Gasteiger charge is 2.24. The van der Waals surface area contributed by atoms with E-state index in [4.69, 9.17) is 4.52 Å². The smallest absolute Gasteiger partial charge is 0.237 e. The van der Waals surface area contributed by atoms with Crippen LogP contribution in [0, 0.1) is 13.8 Å². The average Bonchev–Trinajstić information content (AvgIpc) is 2.83. The van der Waals surface area contributed by atoms with Crippen LogP contribution in [0.5, 0.6) is 0 Å². The maximum absolute atomic E-state index is 12.3. The maximum atomic E-state index is 12.3. The fourth-order valence-electron chi connectivity index (χ4n) is 2.69. The lowest BCUT2D eigenvalue weighted by Crippen LogP contribution is -2.47. The van der Waals surface area contributed by atoms with E-state index >= 15 is 0 Å². The third-order valence-electron chi connectivity index (χ3n) is 4.02. The summed E-state index contributed by atoms with van der Waals surface area (Å²) in [5.74, 6) is 0.777. The third kappa shape index (κ3) is 2.83. The fraction of sp³-hybridized carbons (Fsp3) is 0.375. The molecule has 21 heavy (non-hydrogen) atoms. The molecule has 0 saturated carbocycles. The summed E-state index contributed by atoms with van der Waals surface area (Å²) in [5, 5.41) is 10.1. The van der Waals surface area contributed by atoms with E-state index in [1.807, 2.05) is 26.0 Å². The minimum absolute atomic E-state index is 0.0181. The van der Waals surface area contributed by atoms with E-state index < -0.39 is 0 Å². The lowest BCUT2D eigenvalue weighted by atomic mass is 9.95. The summed E-state index contributed by atoms with van der Waals surface area (Å²) < 4.78 is 5.10. The number of carbonyl (C=O) groups is 1. The van der Waals surface area contributed by atoms with Crippen molar-refractivity contribution in [2.75, 3.05) is 0 Å². The molecule has 1 aliphatic heterocycles. The highest BCUT2D eigenvalue weighted by molar-refractivity contribution is 5.82. The predicted octanol–water partition coefficient (Wildman–Crippen LogP) is 1.62. The highest BCUT2D eigenvalue weighted by atomic mass is 16.5. The molecule has 0 fully saturated rings. The Kier molecular flexibility index (Phi) is 3.75. The van der Waals surface area contributed by atoms with Gasteiger partial charge in [-0.05, 0) is 31.4 Å². The first-order valence-corrected chi connectivity index (χ1v) is 7.15. The van der Waals surface area contributed by atoms with E-state index in [2.05, 4.69) is 27.9 Å². The van der Waals surface area contributed by atoms with Gasteiger partial charge < -0.3 is 15.2 Å². The quantitative estimate of drug-likeness (QED) is 0.899. The van der Waals surface area contributed by atoms with Gasteiger partial charge in [0.05, 0.1) is 11.7 Å². The summed E-state index contributed by atoms with van der Waals surface area (Å²) >= 11 is 0. The van der Waals surface area contributed by atoms with Crippen LogP contribution < -0.4 is 10.6 Å². The minimum atomic E-state index is -0.180. The molecule has 0 bridgehead atoms. The number of nitrogens with zero attached hydrogens (tertiary/aromatic N) is 1. The molecule has 3 rings (SSSR count). The average molecular weight is 285 g/mol. The number of hydrogen-bond donors (Lipinski definition) is 2. The zero-order valence-electron chi connectivity index (χ0n) is 12.3. The third-order valence-corrected chi connectivity index (χ3v) is 4.02. The Morgan fingerprint density at radius 3 is 2.86 bits per heavy atom. The van der Waals surface area contributed by atoms with Crippen molar-refractivity contribution >= 4 is 5.91 Å². The van der Waals surface area contributed by atoms with Crippen LogP contribution in [0.25, 0.3) is 0 Å². The number of benzene rings is 1. The molecule has 2 heterocycles. The molecular formula is C16H19N3O2. The fourth-order valence-corrected chi connectivity index (χ4v) is 2.69. The number of aromatic nitrogens is 1. The van der Waals surface area contributed by atoms with Crippen molar-refractivity contribution in [3.8, 4) is 0 Å². The summed E-state index contributed by atoms with van der Waals surface area (Å²) in [6.45, 7) is 4.93. The van der Waals surface area contributed by atoms with Crippen molar-refractivity contribution in [3.63, 3.8) is 0 Å². The first-order chi connectivity index (χ1) is 10.1. The van der Waals surface area contributed by atoms with Crippen LogP contribution in [-0.2, 0) is 24.3 Å². The number of rotatable bonds is 3. The molecule has 1 amide bonds. The second kappa shape index (κ2) is 5.69. The van der Waals surface area contributed by atoms with Gasteiger partial charge in [0.15, 0.2) is 0 Å². The SMILES string of the molecule is Cc1noc(C)c1CNC(=O)[C@H]1Cc2ccccc2CN1. The summed E-state index contributed by atoms with van der Waals surface area (Å²) in [5.41, 5.74) is 4.30. The monoisotopic (exact) mass is 285 g/mol. The van der Waals surface area contributed by atoms with Gasteiger partial charge in [0.1, 0.15) is 5.76 Å². The van der Waals surface area contributed by atoms with Gasteiger partial charge in [-0.25, -0.2) is 0 Å². The van der Waals surface area contributed by atoms with Gasteiger partial charge in [0.25, 0.3) is 0 Å². The van der Waals surface area contributed by atoms with Crippen molar-refractivity contribution in [1.82, 2.24) is 15.8 Å². The van der Waals surface area contributed by atoms with Crippen LogP contribution in [0.15, 0.2) is 28.8 Å². The Morgan fingerprint density at radius 1 is 1.38 bits per heavy atom. The first kappa shape index (κ1) is 13.8. The standard InChI is InChI=1S/C16H19N3O2/c1-10-14(11(2)21-19-10)9-18-16(20)15-7-12-5-3-4-6-13(12)8-17-15/h3-6,15,17H,7-9H2,1-2H3,(H,18,20)/t15-/m1/s1. The highest BCUT2D eigenvalue weighted by Crippen LogP contribution is 2.17. The molecule has 5 heteroatoms. The predicted molar refractivity (Wildman–Crippen MR) is 78.6 cm³/mol. The topological polar surface area (TPSA) is 67.2 Å². The Morgan fingerprint density at radius 2 is 2.14 bits per heavy atom. The van der Waals surface area contributed by atoms with Crippen molar-refractivity contribution in [3.05, 3.63) is 52.4 Å². The molecule has 1 aliphatic rings. The molecule has 0 saturated heterocycles. The summed E-state index contributed by atoms with van der Waals surface area (Å²) in [4.78, 5) is 12.3. The van der Waals surface area contributed by atoms with Gasteiger partial charge in [0.2, 0.25) is 5.91 Å². The van der Waals surface area contributed by atoms with Gasteiger partial charge in [-0.1, -0.05) is 29.4 Å². The zero-order valence-corrected chi connectivity index (χ0v) is 12.3. The van der Waals surface area contributed by atoms with E-state index in [1.54, 1.807) is 0 Å². The summed E-state index contributed by atoms with van der Waals surface area (Å²) in [7, 11) is 0. The number of nitrogens with one attached hydrogen (secondary N) is 2. The molecule has 0 unspecified atom stereocenters. The van der Waals surface area contributed by atoms with Gasteiger partial charge >= 0.3 is 0 Å². The molecule has 0 radical (unpaired) electrons. The molecular weight excluding hydrogens is 266 g/mol. The van der Waals surface area contributed by atoms with Crippen molar-refractivity contribution in [2.24, 2.45) is 0 Å². The van der Waals surface area contributed by atoms with Crippen LogP contribution in [0.1, 0.15) is 28.1 Å². The van der Waals surface area contributed by atoms with E-state index in [-0.39, 0.29) is 11.9 Å². The van der Waals surface area contributed by atoms with Crippen LogP contribution in [0.3, 0.4) is 0 Å². The van der Waals surface area contributed by atoms with Crippen LogP contribution in [0.2, 0.25) is 0 Å². The second-order valence-electron chi connectivity index (χ2n) is 5.43. The summed E-state index contributed by atoms with van der Waals surface area (Å²) in [6, 6.07) is 8.05. The Bertz CT molecular complexity index is 644. The Hall–Kier alpha value is -2.14. The molecule has 0 spiro atoms. The van der Waals surface area contributed by atoms with Crippen LogP contribution in [0.4, 0.5) is 0 Å². The van der Waals surface area contributed by atoms with E-state index in [0.29, 0.717) is 6.54 Å². The summed E-state index contributed by atoms with van der Waals surface area (Å²) in [6.07, 6.45) is 0.726. The van der Waals surface area contributed by atoms with Gasteiger partial charge in [-0.15, -0.1) is 0 Å². The number of amides is 1. The minimum Gasteiger partial charge on any atom is -0.361 e. The van der Waals surface area contributed by atoms with Crippen molar-refractivity contribution < 1.29 is 9.32 Å². The van der Waals surface area contributed by atoms with Crippen molar-refractivity contribution in [2.45, 2.75) is 39.4 Å². The normalized spacial score (nSPS) is 17.3.